The van der Waals surface area contributed by atoms with E-state index in [0.29, 0.717) is 36.7 Å². The van der Waals surface area contributed by atoms with Gasteiger partial charge < -0.3 is 29.0 Å². The number of aryl methyl sites for hydroxylation is 1. The molecule has 50 heavy (non-hydrogen) atoms. The second-order valence-corrected chi connectivity index (χ2v) is 14.2. The zero-order valence-electron chi connectivity index (χ0n) is 29.5. The maximum absolute atomic E-state index is 13.9. The molecule has 2 amide bonds. The number of piperidine rings is 1. The summed E-state index contributed by atoms with van der Waals surface area (Å²) in [5, 5.41) is 3.40. The summed E-state index contributed by atoms with van der Waals surface area (Å²) in [6.45, 7) is 8.10. The van der Waals surface area contributed by atoms with Gasteiger partial charge in [0.2, 0.25) is 5.91 Å². The molecule has 0 spiro atoms. The minimum atomic E-state index is -0.683. The van der Waals surface area contributed by atoms with Crippen molar-refractivity contribution in [1.29, 1.82) is 0 Å². The molecule has 1 aliphatic rings. The maximum Gasteiger partial charge on any atom is 0.407 e. The molecule has 1 fully saturated rings. The number of ether oxygens (including phenoxy) is 3. The van der Waals surface area contributed by atoms with Gasteiger partial charge >= 0.3 is 12.1 Å². The number of nitrogens with zero attached hydrogens (tertiary/aromatic N) is 3. The van der Waals surface area contributed by atoms with Gasteiger partial charge in [0.25, 0.3) is 0 Å². The molecule has 10 nitrogen and oxygen atoms in total. The largest absolute Gasteiger partial charge is 0.465 e. The number of nitrogens with one attached hydrogen (secondary N) is 1. The number of amides is 2. The van der Waals surface area contributed by atoms with Gasteiger partial charge in [-0.2, -0.15) is 0 Å². The molecule has 266 valence electrons. The van der Waals surface area contributed by atoms with E-state index in [0.717, 1.165) is 59.4 Å². The van der Waals surface area contributed by atoms with Crippen LogP contribution in [0.2, 0.25) is 5.02 Å². The maximum atomic E-state index is 13.9. The predicted molar refractivity (Wildman–Crippen MR) is 194 cm³/mol. The molecule has 1 aromatic heterocycles. The number of rotatable bonds is 12. The van der Waals surface area contributed by atoms with Crippen LogP contribution in [0.1, 0.15) is 74.1 Å². The Kier molecular flexibility index (Phi) is 12.2. The van der Waals surface area contributed by atoms with Crippen LogP contribution < -0.4 is 5.32 Å². The molecule has 0 saturated carbocycles. The summed E-state index contributed by atoms with van der Waals surface area (Å²) in [6.07, 6.45) is 2.66. The third-order valence-electron chi connectivity index (χ3n) is 8.83. The Morgan fingerprint density at radius 3 is 2.50 bits per heavy atom. The Morgan fingerprint density at radius 1 is 1.04 bits per heavy atom. The number of methoxy groups -OCH3 is 2. The first-order valence-electron chi connectivity index (χ1n) is 17.1. The Labute approximate surface area is 299 Å². The van der Waals surface area contributed by atoms with Crippen molar-refractivity contribution in [2.24, 2.45) is 0 Å². The number of hydrogen-bond acceptors (Lipinski definition) is 7. The van der Waals surface area contributed by atoms with Gasteiger partial charge in [0.15, 0.2) is 0 Å². The Balaban J connectivity index is 1.31. The number of benzene rings is 3. The smallest absolute Gasteiger partial charge is 0.407 e. The zero-order valence-corrected chi connectivity index (χ0v) is 30.3. The lowest BCUT2D eigenvalue weighted by atomic mass is 9.95. The fourth-order valence-electron chi connectivity index (χ4n) is 6.51. The van der Waals surface area contributed by atoms with Crippen LogP contribution in [0.4, 0.5) is 4.79 Å². The zero-order chi connectivity index (χ0) is 35.8. The molecular weight excluding hydrogens is 656 g/mol. The number of imidazole rings is 1. The number of para-hydroxylation sites is 2. The van der Waals surface area contributed by atoms with E-state index in [4.69, 9.17) is 30.8 Å². The van der Waals surface area contributed by atoms with Crippen LogP contribution in [0.15, 0.2) is 66.7 Å². The molecule has 0 unspecified atom stereocenters. The molecule has 0 radical (unpaired) electrons. The molecule has 4 aromatic rings. The number of aromatic nitrogens is 2. The molecule has 11 heteroatoms. The molecule has 1 N–H and O–H groups in total. The van der Waals surface area contributed by atoms with E-state index < -0.39 is 23.7 Å². The summed E-state index contributed by atoms with van der Waals surface area (Å²) in [7, 11) is 3.04. The van der Waals surface area contributed by atoms with Crippen LogP contribution in [0, 0.1) is 0 Å². The molecule has 3 aromatic carbocycles. The normalized spacial score (nSPS) is 15.5. The summed E-state index contributed by atoms with van der Waals surface area (Å²) < 4.78 is 18.0. The van der Waals surface area contributed by atoms with E-state index >= 15 is 0 Å². The molecule has 0 aliphatic carbocycles. The standard InChI is InChI=1S/C39H47ClN4O6/c1-39(2,3)50-38(47)41-30(22-26-13-15-27(16-14-26)31-18-17-28(23-32(31)40)37(46)49-5)24-35(45)43-19-8-10-29(25-43)36-42-33-11-6-7-12-34(33)44(36)20-9-21-48-4/h6-7,11-18,23,29-30H,8-10,19-22,24-25H2,1-5H3,(H,41,47)/t29-,30-/m1/s1. The third-order valence-corrected chi connectivity index (χ3v) is 9.15. The molecule has 5 rings (SSSR count). The van der Waals surface area contributed by atoms with E-state index in [1.165, 1.54) is 7.11 Å². The summed E-state index contributed by atoms with van der Waals surface area (Å²) >= 11 is 6.52. The first kappa shape index (κ1) is 36.9. The number of carbonyl (C=O) groups is 3. The van der Waals surface area contributed by atoms with Gasteiger partial charge in [-0.15, -0.1) is 0 Å². The number of carbonyl (C=O) groups excluding carboxylic acids is 3. The van der Waals surface area contributed by atoms with Crippen molar-refractivity contribution in [2.75, 3.05) is 33.9 Å². The first-order valence-corrected chi connectivity index (χ1v) is 17.5. The van der Waals surface area contributed by atoms with Gasteiger partial charge in [0.1, 0.15) is 11.4 Å². The highest BCUT2D eigenvalue weighted by molar-refractivity contribution is 6.33. The lowest BCUT2D eigenvalue weighted by molar-refractivity contribution is -0.133. The highest BCUT2D eigenvalue weighted by atomic mass is 35.5. The number of hydrogen-bond donors (Lipinski definition) is 1. The number of alkyl carbamates (subject to hydrolysis) is 1. The van der Waals surface area contributed by atoms with Crippen molar-refractivity contribution in [2.45, 2.75) is 77.0 Å². The lowest BCUT2D eigenvalue weighted by Crippen LogP contribution is -2.46. The Morgan fingerprint density at radius 2 is 1.80 bits per heavy atom. The van der Waals surface area contributed by atoms with E-state index in [1.807, 2.05) is 68.1 Å². The topological polar surface area (TPSA) is 112 Å². The molecule has 2 heterocycles. The monoisotopic (exact) mass is 702 g/mol. The second kappa shape index (κ2) is 16.5. The first-order chi connectivity index (χ1) is 24.0. The van der Waals surface area contributed by atoms with Gasteiger partial charge in [-0.05, 0) is 81.8 Å². The average molecular weight is 703 g/mol. The Hall–Kier alpha value is -4.41. The highest BCUT2D eigenvalue weighted by Gasteiger charge is 2.30. The Bertz CT molecular complexity index is 1800. The molecule has 1 saturated heterocycles. The number of esters is 1. The van der Waals surface area contributed by atoms with Crippen LogP contribution in [0.25, 0.3) is 22.2 Å². The van der Waals surface area contributed by atoms with E-state index in [9.17, 15) is 14.4 Å². The minimum absolute atomic E-state index is 0.0214. The highest BCUT2D eigenvalue weighted by Crippen LogP contribution is 2.31. The van der Waals surface area contributed by atoms with Crippen molar-refractivity contribution >= 4 is 40.6 Å². The van der Waals surface area contributed by atoms with Gasteiger partial charge in [-0.3, -0.25) is 4.79 Å². The van der Waals surface area contributed by atoms with Crippen molar-refractivity contribution in [1.82, 2.24) is 19.8 Å². The van der Waals surface area contributed by atoms with Crippen LogP contribution in [0.5, 0.6) is 0 Å². The molecule has 2 atom stereocenters. The van der Waals surface area contributed by atoms with Crippen LogP contribution >= 0.6 is 11.6 Å². The minimum Gasteiger partial charge on any atom is -0.465 e. The lowest BCUT2D eigenvalue weighted by Gasteiger charge is -2.34. The SMILES string of the molecule is COCCCn1c([C@@H]2CCCN(C(=O)C[C@@H](Cc3ccc(-c4ccc(C(=O)OC)cc4Cl)cc3)NC(=O)OC(C)(C)C)C2)nc2ccccc21. The van der Waals surface area contributed by atoms with Gasteiger partial charge in [-0.25, -0.2) is 14.6 Å². The summed E-state index contributed by atoms with van der Waals surface area (Å²) in [5.41, 5.74) is 4.32. The van der Waals surface area contributed by atoms with Gasteiger partial charge in [0.05, 0.1) is 23.7 Å². The fourth-order valence-corrected chi connectivity index (χ4v) is 6.80. The third kappa shape index (κ3) is 9.43. The van der Waals surface area contributed by atoms with Crippen molar-refractivity contribution in [3.05, 3.63) is 88.7 Å². The van der Waals surface area contributed by atoms with Gasteiger partial charge in [0, 0.05) is 62.3 Å². The number of likely N-dealkylation sites (tertiary alicyclic amines) is 1. The quantitative estimate of drug-likeness (QED) is 0.121. The summed E-state index contributed by atoms with van der Waals surface area (Å²) in [5.74, 6) is 0.626. The van der Waals surface area contributed by atoms with Crippen LogP contribution in [0.3, 0.4) is 0 Å². The van der Waals surface area contributed by atoms with E-state index in [2.05, 4.69) is 16.0 Å². The summed E-state index contributed by atoms with van der Waals surface area (Å²) in [6, 6.07) is 20.5. The summed E-state index contributed by atoms with van der Waals surface area (Å²) in [4.78, 5) is 45.7. The number of fused-ring (bicyclic) bond motifs is 1. The number of halogens is 1. The molecule has 1 aliphatic heterocycles. The van der Waals surface area contributed by atoms with E-state index in [1.54, 1.807) is 25.3 Å². The molecular formula is C39H47ClN4O6. The molecule has 0 bridgehead atoms. The van der Waals surface area contributed by atoms with Crippen molar-refractivity contribution in [3.8, 4) is 11.1 Å². The van der Waals surface area contributed by atoms with Crippen LogP contribution in [-0.4, -0.2) is 78.0 Å². The fraction of sp³-hybridized carbons (Fsp3) is 0.436. The van der Waals surface area contributed by atoms with Crippen LogP contribution in [-0.2, 0) is 32.0 Å². The average Bonchev–Trinajstić information content (AvgIpc) is 3.46. The van der Waals surface area contributed by atoms with Gasteiger partial charge in [-0.1, -0.05) is 54.1 Å². The second-order valence-electron chi connectivity index (χ2n) is 13.8. The van der Waals surface area contributed by atoms with E-state index in [-0.39, 0.29) is 18.2 Å². The van der Waals surface area contributed by atoms with Crippen molar-refractivity contribution < 1.29 is 28.6 Å². The predicted octanol–water partition coefficient (Wildman–Crippen LogP) is 7.41. The van der Waals surface area contributed by atoms with Crippen molar-refractivity contribution in [3.63, 3.8) is 0 Å².